The van der Waals surface area contributed by atoms with Crippen molar-refractivity contribution in [1.82, 2.24) is 9.78 Å². The Morgan fingerprint density at radius 1 is 1.32 bits per heavy atom. The van der Waals surface area contributed by atoms with Crippen LogP contribution >= 0.6 is 15.9 Å². The Hall–Kier alpha value is -1.62. The Balaban J connectivity index is 2.66. The number of rotatable bonds is 4. The molecular weight excluding hydrogens is 306 g/mol. The third kappa shape index (κ3) is 2.71. The predicted molar refractivity (Wildman–Crippen MR) is 78.5 cm³/mol. The first-order valence-corrected chi connectivity index (χ1v) is 7.03. The SMILES string of the molecule is CCc1cc(CC)n(-c2cc(Br)ccc2C(N)=O)n1. The second-order valence-electron chi connectivity index (χ2n) is 4.27. The van der Waals surface area contributed by atoms with Crippen molar-refractivity contribution in [2.75, 3.05) is 0 Å². The fourth-order valence-electron chi connectivity index (χ4n) is 2.00. The van der Waals surface area contributed by atoms with Gasteiger partial charge in [0.25, 0.3) is 5.91 Å². The quantitative estimate of drug-likeness (QED) is 0.941. The lowest BCUT2D eigenvalue weighted by atomic mass is 10.1. The highest BCUT2D eigenvalue weighted by molar-refractivity contribution is 9.10. The Morgan fingerprint density at radius 3 is 2.63 bits per heavy atom. The number of hydrogen-bond donors (Lipinski definition) is 1. The lowest BCUT2D eigenvalue weighted by Crippen LogP contribution is -2.16. The summed E-state index contributed by atoms with van der Waals surface area (Å²) in [4.78, 5) is 11.5. The molecule has 0 saturated heterocycles. The largest absolute Gasteiger partial charge is 0.366 e. The van der Waals surface area contributed by atoms with Crippen LogP contribution in [0.4, 0.5) is 0 Å². The smallest absolute Gasteiger partial charge is 0.250 e. The number of carbonyl (C=O) groups excluding carboxylic acids is 1. The number of aromatic nitrogens is 2. The molecule has 1 heterocycles. The molecule has 4 nitrogen and oxygen atoms in total. The number of nitrogens with two attached hydrogens (primary N) is 1. The second-order valence-corrected chi connectivity index (χ2v) is 5.19. The van der Waals surface area contributed by atoms with Gasteiger partial charge in [-0.15, -0.1) is 0 Å². The van der Waals surface area contributed by atoms with Gasteiger partial charge in [-0.05, 0) is 37.1 Å². The van der Waals surface area contributed by atoms with Gasteiger partial charge in [-0.25, -0.2) is 4.68 Å². The molecule has 0 aliphatic heterocycles. The summed E-state index contributed by atoms with van der Waals surface area (Å²) in [5.74, 6) is -0.446. The van der Waals surface area contributed by atoms with Crippen LogP contribution in [0.1, 0.15) is 35.6 Å². The van der Waals surface area contributed by atoms with Crippen molar-refractivity contribution >= 4 is 21.8 Å². The maximum atomic E-state index is 11.5. The maximum Gasteiger partial charge on any atom is 0.250 e. The van der Waals surface area contributed by atoms with E-state index in [4.69, 9.17) is 5.73 Å². The normalized spacial score (nSPS) is 10.7. The summed E-state index contributed by atoms with van der Waals surface area (Å²) >= 11 is 3.42. The van der Waals surface area contributed by atoms with Crippen molar-refractivity contribution in [3.63, 3.8) is 0 Å². The molecule has 0 fully saturated rings. The Morgan fingerprint density at radius 2 is 2.05 bits per heavy atom. The minimum Gasteiger partial charge on any atom is -0.366 e. The van der Waals surface area contributed by atoms with Gasteiger partial charge in [0.15, 0.2) is 0 Å². The molecule has 5 heteroatoms. The molecule has 0 radical (unpaired) electrons. The summed E-state index contributed by atoms with van der Waals surface area (Å²) in [6.45, 7) is 4.12. The monoisotopic (exact) mass is 321 g/mol. The standard InChI is InChI=1S/C14H16BrN3O/c1-3-10-8-11(4-2)18(17-10)13-7-9(15)5-6-12(13)14(16)19/h5-8H,3-4H2,1-2H3,(H2,16,19). The molecule has 0 aliphatic rings. The van der Waals surface area contributed by atoms with Crippen molar-refractivity contribution in [2.45, 2.75) is 26.7 Å². The van der Waals surface area contributed by atoms with Gasteiger partial charge in [0.1, 0.15) is 0 Å². The summed E-state index contributed by atoms with van der Waals surface area (Å²) in [5, 5.41) is 4.54. The van der Waals surface area contributed by atoms with Crippen LogP contribution in [-0.2, 0) is 12.8 Å². The van der Waals surface area contributed by atoms with Crippen LogP contribution in [0.5, 0.6) is 0 Å². The van der Waals surface area contributed by atoms with E-state index in [1.54, 1.807) is 12.1 Å². The van der Waals surface area contributed by atoms with Gasteiger partial charge in [-0.2, -0.15) is 5.10 Å². The molecule has 19 heavy (non-hydrogen) atoms. The Kier molecular flexibility index (Phi) is 4.04. The van der Waals surface area contributed by atoms with Gasteiger partial charge in [-0.1, -0.05) is 29.8 Å². The number of primary amides is 1. The number of benzene rings is 1. The van der Waals surface area contributed by atoms with E-state index in [-0.39, 0.29) is 0 Å². The molecule has 1 aromatic heterocycles. The van der Waals surface area contributed by atoms with Gasteiger partial charge in [0, 0.05) is 10.2 Å². The van der Waals surface area contributed by atoms with E-state index in [2.05, 4.69) is 40.9 Å². The average Bonchev–Trinajstić information content (AvgIpc) is 2.81. The zero-order valence-electron chi connectivity index (χ0n) is 11.0. The summed E-state index contributed by atoms with van der Waals surface area (Å²) in [6, 6.07) is 7.45. The van der Waals surface area contributed by atoms with E-state index in [9.17, 15) is 4.79 Å². The van der Waals surface area contributed by atoms with Crippen LogP contribution in [-0.4, -0.2) is 15.7 Å². The van der Waals surface area contributed by atoms with Crippen LogP contribution in [0.3, 0.4) is 0 Å². The number of carbonyl (C=O) groups is 1. The van der Waals surface area contributed by atoms with Crippen molar-refractivity contribution < 1.29 is 4.79 Å². The molecule has 100 valence electrons. The van der Waals surface area contributed by atoms with Crippen LogP contribution in [0.25, 0.3) is 5.69 Å². The van der Waals surface area contributed by atoms with Crippen molar-refractivity contribution in [2.24, 2.45) is 5.73 Å². The zero-order valence-corrected chi connectivity index (χ0v) is 12.6. The van der Waals surface area contributed by atoms with Crippen molar-refractivity contribution in [1.29, 1.82) is 0 Å². The molecule has 0 atom stereocenters. The zero-order chi connectivity index (χ0) is 14.0. The Bertz CT molecular complexity index is 619. The van der Waals surface area contributed by atoms with E-state index in [0.29, 0.717) is 5.56 Å². The van der Waals surface area contributed by atoms with Crippen LogP contribution in [0.15, 0.2) is 28.7 Å². The highest BCUT2D eigenvalue weighted by Gasteiger charge is 2.14. The van der Waals surface area contributed by atoms with Gasteiger partial charge in [0.05, 0.1) is 16.9 Å². The topological polar surface area (TPSA) is 60.9 Å². The van der Waals surface area contributed by atoms with Crippen LogP contribution < -0.4 is 5.73 Å². The first kappa shape index (κ1) is 13.8. The summed E-state index contributed by atoms with van der Waals surface area (Å²) < 4.78 is 2.70. The highest BCUT2D eigenvalue weighted by Crippen LogP contribution is 2.22. The third-order valence-corrected chi connectivity index (χ3v) is 3.50. The molecule has 2 N–H and O–H groups in total. The average molecular weight is 322 g/mol. The van der Waals surface area contributed by atoms with E-state index in [0.717, 1.165) is 34.4 Å². The van der Waals surface area contributed by atoms with Gasteiger partial charge >= 0.3 is 0 Å². The summed E-state index contributed by atoms with van der Waals surface area (Å²) in [5.41, 5.74) is 8.71. The number of halogens is 1. The number of nitrogens with zero attached hydrogens (tertiary/aromatic N) is 2. The number of amides is 1. The molecule has 2 aromatic rings. The minimum absolute atomic E-state index is 0.446. The molecule has 2 rings (SSSR count). The minimum atomic E-state index is -0.446. The molecule has 0 spiro atoms. The maximum absolute atomic E-state index is 11.5. The first-order valence-electron chi connectivity index (χ1n) is 6.24. The molecule has 0 aliphatic carbocycles. The van der Waals surface area contributed by atoms with E-state index < -0.39 is 5.91 Å². The highest BCUT2D eigenvalue weighted by atomic mass is 79.9. The fourth-order valence-corrected chi connectivity index (χ4v) is 2.35. The van der Waals surface area contributed by atoms with E-state index in [1.165, 1.54) is 0 Å². The fraction of sp³-hybridized carbons (Fsp3) is 0.286. The van der Waals surface area contributed by atoms with Gasteiger partial charge in [-0.3, -0.25) is 4.79 Å². The lowest BCUT2D eigenvalue weighted by Gasteiger charge is -2.10. The van der Waals surface area contributed by atoms with Crippen LogP contribution in [0, 0.1) is 0 Å². The number of hydrogen-bond acceptors (Lipinski definition) is 2. The van der Waals surface area contributed by atoms with Crippen molar-refractivity contribution in [3.8, 4) is 5.69 Å². The summed E-state index contributed by atoms with van der Waals surface area (Å²) in [6.07, 6.45) is 1.71. The van der Waals surface area contributed by atoms with Crippen LogP contribution in [0.2, 0.25) is 0 Å². The molecule has 0 saturated carbocycles. The third-order valence-electron chi connectivity index (χ3n) is 3.01. The summed E-state index contributed by atoms with van der Waals surface area (Å²) in [7, 11) is 0. The molecule has 0 bridgehead atoms. The molecule has 1 aromatic carbocycles. The molecular formula is C14H16BrN3O. The van der Waals surface area contributed by atoms with Crippen molar-refractivity contribution in [3.05, 3.63) is 45.7 Å². The van der Waals surface area contributed by atoms with Gasteiger partial charge in [0.2, 0.25) is 0 Å². The lowest BCUT2D eigenvalue weighted by molar-refractivity contribution is 0.1000. The van der Waals surface area contributed by atoms with E-state index >= 15 is 0 Å². The Labute approximate surface area is 120 Å². The molecule has 1 amide bonds. The van der Waals surface area contributed by atoms with E-state index in [1.807, 2.05) is 10.7 Å². The second kappa shape index (κ2) is 5.57. The number of aryl methyl sites for hydroxylation is 2. The predicted octanol–water partition coefficient (Wildman–Crippen LogP) is 2.86. The first-order chi connectivity index (χ1) is 9.06. The molecule has 0 unspecified atom stereocenters. The van der Waals surface area contributed by atoms with Gasteiger partial charge < -0.3 is 5.73 Å².